The summed E-state index contributed by atoms with van der Waals surface area (Å²) in [7, 11) is 0. The molecular weight excluding hydrogens is 307 g/mol. The van der Waals surface area contributed by atoms with E-state index in [1.807, 2.05) is 31.2 Å². The van der Waals surface area contributed by atoms with Gasteiger partial charge < -0.3 is 11.1 Å². The maximum absolute atomic E-state index is 12.5. The third-order valence-electron chi connectivity index (χ3n) is 4.99. The van der Waals surface area contributed by atoms with Crippen molar-refractivity contribution in [3.8, 4) is 0 Å². The molecule has 2 fully saturated rings. The second-order valence-electron chi connectivity index (χ2n) is 6.22. The molecule has 3 rings (SSSR count). The van der Waals surface area contributed by atoms with Crippen molar-refractivity contribution in [2.75, 3.05) is 0 Å². The average molecular weight is 329 g/mol. The fraction of sp³-hybridized carbons (Fsp3) is 0.562. The molecular formula is C16H22Cl2N2O. The van der Waals surface area contributed by atoms with Crippen LogP contribution in [0.1, 0.15) is 37.8 Å². The van der Waals surface area contributed by atoms with E-state index in [2.05, 4.69) is 5.32 Å². The van der Waals surface area contributed by atoms with Crippen LogP contribution < -0.4 is 11.1 Å². The molecule has 0 aromatic heterocycles. The average Bonchev–Trinajstić information content (AvgIpc) is 2.99. The lowest BCUT2D eigenvalue weighted by atomic mass is 9.84. The van der Waals surface area contributed by atoms with E-state index < -0.39 is 0 Å². The van der Waals surface area contributed by atoms with Gasteiger partial charge in [-0.15, -0.1) is 12.4 Å². The van der Waals surface area contributed by atoms with Crippen LogP contribution in [-0.4, -0.2) is 11.9 Å². The monoisotopic (exact) mass is 328 g/mol. The predicted molar refractivity (Wildman–Crippen MR) is 87.6 cm³/mol. The molecule has 1 aromatic rings. The lowest BCUT2D eigenvalue weighted by molar-refractivity contribution is -0.127. The highest BCUT2D eigenvalue weighted by molar-refractivity contribution is 6.30. The summed E-state index contributed by atoms with van der Waals surface area (Å²) >= 11 is 5.99. The van der Waals surface area contributed by atoms with Crippen molar-refractivity contribution in [1.29, 1.82) is 0 Å². The summed E-state index contributed by atoms with van der Waals surface area (Å²) < 4.78 is 0. The minimum atomic E-state index is -0.0347. The molecule has 3 nitrogen and oxygen atoms in total. The number of carbonyl (C=O) groups is 1. The van der Waals surface area contributed by atoms with E-state index in [0.717, 1.165) is 18.4 Å². The van der Waals surface area contributed by atoms with Crippen molar-refractivity contribution < 1.29 is 4.79 Å². The molecule has 2 aliphatic carbocycles. The maximum atomic E-state index is 12.5. The number of nitrogens with two attached hydrogens (primary N) is 1. The topological polar surface area (TPSA) is 55.1 Å². The minimum Gasteiger partial charge on any atom is -0.349 e. The van der Waals surface area contributed by atoms with Gasteiger partial charge in [-0.1, -0.05) is 23.7 Å². The van der Waals surface area contributed by atoms with Gasteiger partial charge in [-0.25, -0.2) is 0 Å². The van der Waals surface area contributed by atoms with Crippen LogP contribution in [0.3, 0.4) is 0 Å². The highest BCUT2D eigenvalue weighted by atomic mass is 35.5. The maximum Gasteiger partial charge on any atom is 0.225 e. The van der Waals surface area contributed by atoms with Gasteiger partial charge in [0.1, 0.15) is 0 Å². The Morgan fingerprint density at radius 2 is 2.10 bits per heavy atom. The molecule has 1 aromatic carbocycles. The van der Waals surface area contributed by atoms with Crippen LogP contribution in [0.5, 0.6) is 0 Å². The largest absolute Gasteiger partial charge is 0.349 e. The lowest BCUT2D eigenvalue weighted by Gasteiger charge is -2.28. The molecule has 5 unspecified atom stereocenters. The van der Waals surface area contributed by atoms with Crippen molar-refractivity contribution in [1.82, 2.24) is 5.32 Å². The zero-order chi connectivity index (χ0) is 14.3. The Kier molecular flexibility index (Phi) is 5.18. The Morgan fingerprint density at radius 1 is 1.38 bits per heavy atom. The van der Waals surface area contributed by atoms with Gasteiger partial charge in [0.25, 0.3) is 0 Å². The summed E-state index contributed by atoms with van der Waals surface area (Å²) in [6.07, 6.45) is 3.48. The number of benzene rings is 1. The zero-order valence-corrected chi connectivity index (χ0v) is 13.7. The Morgan fingerprint density at radius 3 is 2.71 bits per heavy atom. The first-order chi connectivity index (χ1) is 9.56. The van der Waals surface area contributed by atoms with Crippen LogP contribution in [0, 0.1) is 17.8 Å². The van der Waals surface area contributed by atoms with E-state index in [4.69, 9.17) is 17.3 Å². The van der Waals surface area contributed by atoms with Crippen LogP contribution >= 0.6 is 24.0 Å². The molecule has 5 heteroatoms. The first kappa shape index (κ1) is 16.6. The van der Waals surface area contributed by atoms with E-state index >= 15 is 0 Å². The highest BCUT2D eigenvalue weighted by Crippen LogP contribution is 2.47. The standard InChI is InChI=1S/C16H21ClN2O.ClH/c1-9(10-3-2-4-13(17)8-10)19-16(20)14-11-5-6-12(7-11)15(14)18;/h2-4,8-9,11-12,14-15H,5-7,18H2,1H3,(H,19,20);1H. The Bertz CT molecular complexity index is 521. The van der Waals surface area contributed by atoms with Crippen LogP contribution in [0.25, 0.3) is 0 Å². The van der Waals surface area contributed by atoms with Crippen molar-refractivity contribution in [3.05, 3.63) is 34.9 Å². The number of amides is 1. The molecule has 0 spiro atoms. The van der Waals surface area contributed by atoms with Gasteiger partial charge in [-0.2, -0.15) is 0 Å². The number of nitrogens with one attached hydrogen (secondary N) is 1. The van der Waals surface area contributed by atoms with Gasteiger partial charge in [0, 0.05) is 11.1 Å². The zero-order valence-electron chi connectivity index (χ0n) is 12.1. The number of rotatable bonds is 3. The molecule has 0 heterocycles. The fourth-order valence-corrected chi connectivity index (χ4v) is 4.09. The second-order valence-corrected chi connectivity index (χ2v) is 6.66. The van der Waals surface area contributed by atoms with Gasteiger partial charge in [0.15, 0.2) is 0 Å². The van der Waals surface area contributed by atoms with Crippen LogP contribution in [-0.2, 0) is 4.79 Å². The molecule has 116 valence electrons. The summed E-state index contributed by atoms with van der Waals surface area (Å²) in [5.74, 6) is 1.14. The third-order valence-corrected chi connectivity index (χ3v) is 5.23. The summed E-state index contributed by atoms with van der Waals surface area (Å²) in [5.41, 5.74) is 7.25. The second kappa shape index (κ2) is 6.55. The van der Waals surface area contributed by atoms with Gasteiger partial charge in [0.05, 0.1) is 12.0 Å². The highest BCUT2D eigenvalue weighted by Gasteiger charge is 2.49. The first-order valence-electron chi connectivity index (χ1n) is 7.37. The Labute approximate surface area is 137 Å². The lowest BCUT2D eigenvalue weighted by Crippen LogP contribution is -2.45. The smallest absolute Gasteiger partial charge is 0.225 e. The molecule has 2 aliphatic rings. The molecule has 21 heavy (non-hydrogen) atoms. The quantitative estimate of drug-likeness (QED) is 0.894. The molecule has 3 N–H and O–H groups in total. The van der Waals surface area contributed by atoms with Crippen LogP contribution in [0.4, 0.5) is 0 Å². The summed E-state index contributed by atoms with van der Waals surface area (Å²) in [6, 6.07) is 7.63. The van der Waals surface area contributed by atoms with E-state index in [9.17, 15) is 4.79 Å². The number of fused-ring (bicyclic) bond motifs is 2. The summed E-state index contributed by atoms with van der Waals surface area (Å²) in [6.45, 7) is 1.99. The van der Waals surface area contributed by atoms with Gasteiger partial charge in [-0.05, 0) is 55.7 Å². The molecule has 5 atom stereocenters. The van der Waals surface area contributed by atoms with E-state index in [0.29, 0.717) is 16.9 Å². The fourth-order valence-electron chi connectivity index (χ4n) is 3.89. The molecule has 0 radical (unpaired) electrons. The number of carbonyl (C=O) groups excluding carboxylic acids is 1. The minimum absolute atomic E-state index is 0. The molecule has 2 bridgehead atoms. The van der Waals surface area contributed by atoms with Gasteiger partial charge in [-0.3, -0.25) is 4.79 Å². The van der Waals surface area contributed by atoms with Crippen molar-refractivity contribution in [2.45, 2.75) is 38.3 Å². The van der Waals surface area contributed by atoms with Crippen molar-refractivity contribution in [3.63, 3.8) is 0 Å². The first-order valence-corrected chi connectivity index (χ1v) is 7.75. The molecule has 0 saturated heterocycles. The van der Waals surface area contributed by atoms with Crippen molar-refractivity contribution in [2.24, 2.45) is 23.5 Å². The summed E-state index contributed by atoms with van der Waals surface area (Å²) in [4.78, 5) is 12.5. The predicted octanol–water partition coefficient (Wildman–Crippen LogP) is 3.31. The summed E-state index contributed by atoms with van der Waals surface area (Å²) in [5, 5.41) is 3.80. The third kappa shape index (κ3) is 3.20. The number of halogens is 2. The normalized spacial score (nSPS) is 31.6. The van der Waals surface area contributed by atoms with Gasteiger partial charge in [0.2, 0.25) is 5.91 Å². The molecule has 2 saturated carbocycles. The van der Waals surface area contributed by atoms with Crippen LogP contribution in [0.2, 0.25) is 5.02 Å². The molecule has 0 aliphatic heterocycles. The van der Waals surface area contributed by atoms with E-state index in [1.165, 1.54) is 6.42 Å². The Balaban J connectivity index is 0.00000161. The number of hydrogen-bond acceptors (Lipinski definition) is 2. The van der Waals surface area contributed by atoms with Gasteiger partial charge >= 0.3 is 0 Å². The van der Waals surface area contributed by atoms with E-state index in [1.54, 1.807) is 0 Å². The Hall–Kier alpha value is -0.770. The SMILES string of the molecule is CC(NC(=O)C1C2CCC(C2)C1N)c1cccc(Cl)c1.Cl. The molecule has 1 amide bonds. The number of hydrogen-bond donors (Lipinski definition) is 2. The van der Waals surface area contributed by atoms with Crippen LogP contribution in [0.15, 0.2) is 24.3 Å². The van der Waals surface area contributed by atoms with Crippen molar-refractivity contribution >= 4 is 29.9 Å². The van der Waals surface area contributed by atoms with E-state index in [-0.39, 0.29) is 36.3 Å².